The summed E-state index contributed by atoms with van der Waals surface area (Å²) in [6.07, 6.45) is 3.19. The largest absolute Gasteiger partial charge is 0.491 e. The van der Waals surface area contributed by atoms with Crippen molar-refractivity contribution in [1.82, 2.24) is 10.3 Å². The van der Waals surface area contributed by atoms with E-state index in [1.165, 1.54) is 0 Å². The van der Waals surface area contributed by atoms with Crippen LogP contribution in [-0.2, 0) is 0 Å². The van der Waals surface area contributed by atoms with E-state index in [1.807, 2.05) is 56.4 Å². The van der Waals surface area contributed by atoms with E-state index in [9.17, 15) is 5.11 Å². The number of nitrogens with zero attached hydrogens (tertiary/aromatic N) is 1. The molecule has 118 valence electrons. The number of aliphatic hydroxyl groups excluding tert-OH is 1. The minimum Gasteiger partial charge on any atom is -0.491 e. The van der Waals surface area contributed by atoms with Gasteiger partial charge < -0.3 is 15.2 Å². The molecule has 2 atom stereocenters. The van der Waals surface area contributed by atoms with Crippen LogP contribution in [0.15, 0.2) is 48.8 Å². The predicted molar refractivity (Wildman–Crippen MR) is 87.8 cm³/mol. The number of aliphatic hydroxyl groups is 1. The average molecular weight is 300 g/mol. The number of hydrogen-bond donors (Lipinski definition) is 2. The molecule has 1 aromatic carbocycles. The first kappa shape index (κ1) is 16.5. The van der Waals surface area contributed by atoms with E-state index in [1.54, 1.807) is 6.20 Å². The minimum atomic E-state index is -0.549. The molecule has 2 N–H and O–H groups in total. The van der Waals surface area contributed by atoms with Crippen molar-refractivity contribution in [2.75, 3.05) is 6.54 Å². The van der Waals surface area contributed by atoms with Gasteiger partial charge in [-0.3, -0.25) is 4.98 Å². The zero-order chi connectivity index (χ0) is 15.9. The maximum Gasteiger partial charge on any atom is 0.119 e. The van der Waals surface area contributed by atoms with E-state index in [0.29, 0.717) is 6.54 Å². The molecule has 0 spiro atoms. The first-order valence-corrected chi connectivity index (χ1v) is 7.64. The number of pyridine rings is 1. The van der Waals surface area contributed by atoms with Crippen LogP contribution in [0.25, 0.3) is 0 Å². The van der Waals surface area contributed by atoms with E-state index in [4.69, 9.17) is 4.74 Å². The van der Waals surface area contributed by atoms with E-state index in [0.717, 1.165) is 16.9 Å². The Kier molecular flexibility index (Phi) is 5.92. The minimum absolute atomic E-state index is 0.145. The number of ether oxygens (including phenoxy) is 1. The first-order chi connectivity index (χ1) is 10.6. The van der Waals surface area contributed by atoms with Crippen LogP contribution in [0.3, 0.4) is 0 Å². The second-order valence-electron chi connectivity index (χ2n) is 5.67. The fraction of sp³-hybridized carbons (Fsp3) is 0.389. The molecule has 4 heteroatoms. The van der Waals surface area contributed by atoms with Crippen LogP contribution >= 0.6 is 0 Å². The summed E-state index contributed by atoms with van der Waals surface area (Å²) in [5.74, 6) is 0.822. The normalized spacial score (nSPS) is 13.9. The Bertz CT molecular complexity index is 555. The molecule has 0 aliphatic rings. The van der Waals surface area contributed by atoms with Crippen LogP contribution in [0, 0.1) is 0 Å². The highest BCUT2D eigenvalue weighted by molar-refractivity contribution is 5.29. The summed E-state index contributed by atoms with van der Waals surface area (Å²) in [6.45, 7) is 6.53. The van der Waals surface area contributed by atoms with Gasteiger partial charge in [-0.1, -0.05) is 18.2 Å². The van der Waals surface area contributed by atoms with Crippen LogP contribution in [-0.4, -0.2) is 22.7 Å². The van der Waals surface area contributed by atoms with Crippen LogP contribution in [0.5, 0.6) is 5.75 Å². The lowest BCUT2D eigenvalue weighted by Crippen LogP contribution is -2.24. The number of rotatable bonds is 7. The summed E-state index contributed by atoms with van der Waals surface area (Å²) < 4.78 is 5.60. The molecule has 2 rings (SSSR count). The summed E-state index contributed by atoms with van der Waals surface area (Å²) in [5.41, 5.74) is 1.98. The van der Waals surface area contributed by atoms with Crippen molar-refractivity contribution < 1.29 is 9.84 Å². The third kappa shape index (κ3) is 4.83. The van der Waals surface area contributed by atoms with Crippen molar-refractivity contribution in [1.29, 1.82) is 0 Å². The van der Waals surface area contributed by atoms with Crippen molar-refractivity contribution in [3.8, 4) is 5.75 Å². The highest BCUT2D eigenvalue weighted by atomic mass is 16.5. The van der Waals surface area contributed by atoms with Crippen molar-refractivity contribution >= 4 is 0 Å². The highest BCUT2D eigenvalue weighted by Gasteiger charge is 2.11. The van der Waals surface area contributed by atoms with Gasteiger partial charge in [0.1, 0.15) is 5.75 Å². The second kappa shape index (κ2) is 7.92. The van der Waals surface area contributed by atoms with Gasteiger partial charge in [0.15, 0.2) is 0 Å². The summed E-state index contributed by atoms with van der Waals surface area (Å²) in [5, 5.41) is 13.6. The van der Waals surface area contributed by atoms with E-state index < -0.39 is 6.10 Å². The van der Waals surface area contributed by atoms with Gasteiger partial charge >= 0.3 is 0 Å². The topological polar surface area (TPSA) is 54.4 Å². The van der Waals surface area contributed by atoms with E-state index in [2.05, 4.69) is 17.2 Å². The summed E-state index contributed by atoms with van der Waals surface area (Å²) >= 11 is 0. The van der Waals surface area contributed by atoms with Gasteiger partial charge in [0.05, 0.1) is 12.2 Å². The maximum absolute atomic E-state index is 10.3. The molecule has 2 aromatic rings. The van der Waals surface area contributed by atoms with Crippen molar-refractivity contribution in [2.45, 2.75) is 39.0 Å². The Morgan fingerprint density at radius 3 is 2.41 bits per heavy atom. The molecule has 0 aliphatic carbocycles. The lowest BCUT2D eigenvalue weighted by Gasteiger charge is -2.18. The monoisotopic (exact) mass is 300 g/mol. The molecule has 0 bridgehead atoms. The molecule has 1 heterocycles. The van der Waals surface area contributed by atoms with Gasteiger partial charge in [0.2, 0.25) is 0 Å². The third-order valence-corrected chi connectivity index (χ3v) is 3.44. The van der Waals surface area contributed by atoms with Gasteiger partial charge in [0, 0.05) is 25.0 Å². The van der Waals surface area contributed by atoms with Gasteiger partial charge in [-0.15, -0.1) is 0 Å². The van der Waals surface area contributed by atoms with Crippen molar-refractivity contribution in [3.05, 3.63) is 59.9 Å². The molecule has 0 saturated heterocycles. The van der Waals surface area contributed by atoms with E-state index >= 15 is 0 Å². The Balaban J connectivity index is 1.88. The molecular formula is C18H24N2O2. The van der Waals surface area contributed by atoms with Gasteiger partial charge in [0.25, 0.3) is 0 Å². The zero-order valence-electron chi connectivity index (χ0n) is 13.4. The van der Waals surface area contributed by atoms with Crippen LogP contribution < -0.4 is 10.1 Å². The maximum atomic E-state index is 10.3. The Hall–Kier alpha value is -1.91. The SMILES string of the molecule is CC(C)Oc1ccc(C(O)CNC(C)c2cccnc2)cc1. The number of nitrogens with one attached hydrogen (secondary N) is 1. The average Bonchev–Trinajstić information content (AvgIpc) is 2.53. The molecule has 0 amide bonds. The van der Waals surface area contributed by atoms with Crippen LogP contribution in [0.4, 0.5) is 0 Å². The van der Waals surface area contributed by atoms with Crippen molar-refractivity contribution in [3.63, 3.8) is 0 Å². The Morgan fingerprint density at radius 1 is 1.09 bits per heavy atom. The molecule has 0 fully saturated rings. The van der Waals surface area contributed by atoms with Gasteiger partial charge in [-0.05, 0) is 50.1 Å². The number of hydrogen-bond acceptors (Lipinski definition) is 4. The molecular weight excluding hydrogens is 276 g/mol. The fourth-order valence-corrected chi connectivity index (χ4v) is 2.20. The quantitative estimate of drug-likeness (QED) is 0.824. The molecule has 0 saturated carbocycles. The zero-order valence-corrected chi connectivity index (χ0v) is 13.4. The van der Waals surface area contributed by atoms with E-state index in [-0.39, 0.29) is 12.1 Å². The smallest absolute Gasteiger partial charge is 0.119 e. The molecule has 4 nitrogen and oxygen atoms in total. The molecule has 0 aliphatic heterocycles. The lowest BCUT2D eigenvalue weighted by atomic mass is 10.1. The van der Waals surface area contributed by atoms with Gasteiger partial charge in [-0.2, -0.15) is 0 Å². The van der Waals surface area contributed by atoms with Crippen molar-refractivity contribution in [2.24, 2.45) is 0 Å². The predicted octanol–water partition coefficient (Wildman–Crippen LogP) is 3.25. The summed E-state index contributed by atoms with van der Waals surface area (Å²) in [6, 6.07) is 11.7. The number of benzene rings is 1. The second-order valence-corrected chi connectivity index (χ2v) is 5.67. The first-order valence-electron chi connectivity index (χ1n) is 7.64. The van der Waals surface area contributed by atoms with Crippen LogP contribution in [0.2, 0.25) is 0 Å². The molecule has 22 heavy (non-hydrogen) atoms. The molecule has 1 aromatic heterocycles. The standard InChI is InChI=1S/C18H24N2O2/c1-13(2)22-17-8-6-15(7-9-17)18(21)12-20-14(3)16-5-4-10-19-11-16/h4-11,13-14,18,20-21H,12H2,1-3H3. The van der Waals surface area contributed by atoms with Gasteiger partial charge in [-0.25, -0.2) is 0 Å². The highest BCUT2D eigenvalue weighted by Crippen LogP contribution is 2.19. The van der Waals surface area contributed by atoms with Crippen LogP contribution in [0.1, 0.15) is 44.0 Å². The fourth-order valence-electron chi connectivity index (χ4n) is 2.20. The third-order valence-electron chi connectivity index (χ3n) is 3.44. The Labute approximate surface area is 132 Å². The summed E-state index contributed by atoms with van der Waals surface area (Å²) in [4.78, 5) is 4.11. The lowest BCUT2D eigenvalue weighted by molar-refractivity contribution is 0.170. The molecule has 0 radical (unpaired) electrons. The Morgan fingerprint density at radius 2 is 1.82 bits per heavy atom. The summed E-state index contributed by atoms with van der Waals surface area (Å²) in [7, 11) is 0. The molecule has 2 unspecified atom stereocenters. The number of aromatic nitrogens is 1.